The summed E-state index contributed by atoms with van der Waals surface area (Å²) in [6.45, 7) is 3.86. The SMILES string of the molecule is CC(C)Oc1nn(N)/c(=N\N)c2ccccc12. The van der Waals surface area contributed by atoms with Crippen molar-refractivity contribution in [3.8, 4) is 5.88 Å². The number of hydrogen-bond acceptors (Lipinski definition) is 5. The largest absolute Gasteiger partial charge is 0.473 e. The summed E-state index contributed by atoms with van der Waals surface area (Å²) in [7, 11) is 0. The first-order valence-electron chi connectivity index (χ1n) is 5.31. The van der Waals surface area contributed by atoms with Crippen molar-refractivity contribution < 1.29 is 4.74 Å². The van der Waals surface area contributed by atoms with E-state index in [2.05, 4.69) is 10.2 Å². The second-order valence-corrected chi connectivity index (χ2v) is 3.91. The molecule has 0 aliphatic rings. The molecular weight excluding hydrogens is 218 g/mol. The molecule has 1 aromatic heterocycles. The van der Waals surface area contributed by atoms with Crippen LogP contribution in [0.1, 0.15) is 13.8 Å². The van der Waals surface area contributed by atoms with Crippen LogP contribution in [0.15, 0.2) is 29.4 Å². The Labute approximate surface area is 98.5 Å². The van der Waals surface area contributed by atoms with Gasteiger partial charge in [-0.25, -0.2) is 0 Å². The van der Waals surface area contributed by atoms with Crippen molar-refractivity contribution in [2.24, 2.45) is 10.9 Å². The van der Waals surface area contributed by atoms with Crippen LogP contribution in [0.3, 0.4) is 0 Å². The van der Waals surface area contributed by atoms with Crippen molar-refractivity contribution in [2.75, 3.05) is 5.84 Å². The third-order valence-corrected chi connectivity index (χ3v) is 2.28. The standard InChI is InChI=1S/C11H15N5O/c1-7(2)17-11-9-6-4-3-5-8(9)10(14-12)16(13)15-11/h3-7H,12-13H2,1-2H3/b14-10-. The van der Waals surface area contributed by atoms with Gasteiger partial charge in [0.05, 0.1) is 6.10 Å². The lowest BCUT2D eigenvalue weighted by Gasteiger charge is -2.12. The van der Waals surface area contributed by atoms with Crippen molar-refractivity contribution >= 4 is 10.8 Å². The van der Waals surface area contributed by atoms with Gasteiger partial charge in [-0.15, -0.1) is 5.10 Å². The second kappa shape index (κ2) is 4.32. The summed E-state index contributed by atoms with van der Waals surface area (Å²) in [5.74, 6) is 11.5. The highest BCUT2D eigenvalue weighted by Crippen LogP contribution is 2.20. The summed E-state index contributed by atoms with van der Waals surface area (Å²) in [5.41, 5.74) is 0.414. The molecular formula is C11H15N5O. The summed E-state index contributed by atoms with van der Waals surface area (Å²) in [5, 5.41) is 9.40. The Kier molecular flexibility index (Phi) is 2.86. The Hall–Kier alpha value is -2.24. The highest BCUT2D eigenvalue weighted by atomic mass is 16.5. The van der Waals surface area contributed by atoms with E-state index < -0.39 is 0 Å². The van der Waals surface area contributed by atoms with Gasteiger partial charge in [0.2, 0.25) is 5.88 Å². The molecule has 0 fully saturated rings. The predicted octanol–water partition coefficient (Wildman–Crippen LogP) is 0.312. The molecule has 0 radical (unpaired) electrons. The molecule has 1 heterocycles. The molecule has 2 rings (SSSR count). The van der Waals surface area contributed by atoms with Crippen molar-refractivity contribution in [2.45, 2.75) is 20.0 Å². The van der Waals surface area contributed by atoms with Crippen LogP contribution in [0, 0.1) is 0 Å². The highest BCUT2D eigenvalue weighted by Gasteiger charge is 2.09. The average molecular weight is 233 g/mol. The third-order valence-electron chi connectivity index (χ3n) is 2.28. The minimum atomic E-state index is 0.0200. The summed E-state index contributed by atoms with van der Waals surface area (Å²) in [6.07, 6.45) is 0.0200. The molecule has 90 valence electrons. The molecule has 1 aromatic carbocycles. The van der Waals surface area contributed by atoms with E-state index in [0.29, 0.717) is 11.4 Å². The summed E-state index contributed by atoms with van der Waals surface area (Å²) in [4.78, 5) is 1.13. The van der Waals surface area contributed by atoms with E-state index in [9.17, 15) is 0 Å². The van der Waals surface area contributed by atoms with Gasteiger partial charge in [0.25, 0.3) is 0 Å². The van der Waals surface area contributed by atoms with Crippen molar-refractivity contribution in [1.29, 1.82) is 0 Å². The van der Waals surface area contributed by atoms with Crippen molar-refractivity contribution in [1.82, 2.24) is 9.89 Å². The zero-order chi connectivity index (χ0) is 12.4. The molecule has 0 saturated heterocycles. The number of fused-ring (bicyclic) bond motifs is 1. The number of hydrogen-bond donors (Lipinski definition) is 2. The van der Waals surface area contributed by atoms with Crippen LogP contribution in [0.2, 0.25) is 0 Å². The number of rotatable bonds is 2. The van der Waals surface area contributed by atoms with Gasteiger partial charge < -0.3 is 16.4 Å². The van der Waals surface area contributed by atoms with Crippen LogP contribution in [0.4, 0.5) is 0 Å². The van der Waals surface area contributed by atoms with Crippen LogP contribution in [-0.2, 0) is 0 Å². The van der Waals surface area contributed by atoms with E-state index in [0.717, 1.165) is 15.6 Å². The van der Waals surface area contributed by atoms with Gasteiger partial charge in [0.1, 0.15) is 0 Å². The Morgan fingerprint density at radius 1 is 1.29 bits per heavy atom. The van der Waals surface area contributed by atoms with Crippen molar-refractivity contribution in [3.63, 3.8) is 0 Å². The molecule has 0 aliphatic carbocycles. The fourth-order valence-electron chi connectivity index (χ4n) is 1.63. The maximum absolute atomic E-state index is 5.73. The highest BCUT2D eigenvalue weighted by molar-refractivity contribution is 5.85. The fourth-order valence-corrected chi connectivity index (χ4v) is 1.63. The topological polar surface area (TPSA) is 91.5 Å². The molecule has 2 aromatic rings. The lowest BCUT2D eigenvalue weighted by atomic mass is 10.2. The molecule has 0 spiro atoms. The lowest BCUT2D eigenvalue weighted by molar-refractivity contribution is 0.231. The predicted molar refractivity (Wildman–Crippen MR) is 65.4 cm³/mol. The maximum Gasteiger partial charge on any atom is 0.241 e. The number of nitrogens with two attached hydrogens (primary N) is 2. The van der Waals surface area contributed by atoms with Crippen LogP contribution in [0.25, 0.3) is 10.8 Å². The van der Waals surface area contributed by atoms with Gasteiger partial charge in [-0.2, -0.15) is 9.89 Å². The van der Waals surface area contributed by atoms with E-state index in [1.165, 1.54) is 0 Å². The molecule has 6 nitrogen and oxygen atoms in total. The van der Waals surface area contributed by atoms with Crippen LogP contribution >= 0.6 is 0 Å². The molecule has 0 amide bonds. The minimum absolute atomic E-state index is 0.0200. The Balaban J connectivity index is 2.79. The quantitative estimate of drug-likeness (QED) is 0.577. The van der Waals surface area contributed by atoms with E-state index in [4.69, 9.17) is 16.4 Å². The fraction of sp³-hybridized carbons (Fsp3) is 0.273. The van der Waals surface area contributed by atoms with Gasteiger partial charge in [0, 0.05) is 10.8 Å². The molecule has 0 unspecified atom stereocenters. The molecule has 0 atom stereocenters. The molecule has 0 bridgehead atoms. The maximum atomic E-state index is 5.73. The van der Waals surface area contributed by atoms with E-state index in [1.807, 2.05) is 38.1 Å². The van der Waals surface area contributed by atoms with E-state index in [1.54, 1.807) is 0 Å². The number of ether oxygens (including phenoxy) is 1. The summed E-state index contributed by atoms with van der Waals surface area (Å²) in [6, 6.07) is 7.56. The molecule has 17 heavy (non-hydrogen) atoms. The molecule has 4 N–H and O–H groups in total. The smallest absolute Gasteiger partial charge is 0.241 e. The van der Waals surface area contributed by atoms with Gasteiger partial charge >= 0.3 is 0 Å². The third kappa shape index (κ3) is 2.01. The zero-order valence-electron chi connectivity index (χ0n) is 9.79. The number of benzene rings is 1. The Morgan fingerprint density at radius 3 is 2.53 bits per heavy atom. The second-order valence-electron chi connectivity index (χ2n) is 3.91. The van der Waals surface area contributed by atoms with Crippen molar-refractivity contribution in [3.05, 3.63) is 29.8 Å². The number of aromatic nitrogens is 2. The number of nitrogen functional groups attached to an aromatic ring is 1. The van der Waals surface area contributed by atoms with Crippen LogP contribution in [-0.4, -0.2) is 16.0 Å². The number of nitrogens with zero attached hydrogens (tertiary/aromatic N) is 3. The zero-order valence-corrected chi connectivity index (χ0v) is 9.79. The van der Waals surface area contributed by atoms with Gasteiger partial charge in [-0.3, -0.25) is 0 Å². The first-order chi connectivity index (χ1) is 8.13. The first kappa shape index (κ1) is 11.3. The van der Waals surface area contributed by atoms with E-state index >= 15 is 0 Å². The normalized spacial score (nSPS) is 12.3. The molecule has 0 saturated carbocycles. The molecule has 0 aliphatic heterocycles. The first-order valence-corrected chi connectivity index (χ1v) is 5.31. The Bertz CT molecular complexity index is 602. The Morgan fingerprint density at radius 2 is 1.94 bits per heavy atom. The van der Waals surface area contributed by atoms with Gasteiger partial charge in [0.15, 0.2) is 5.49 Å². The van der Waals surface area contributed by atoms with Gasteiger partial charge in [-0.05, 0) is 19.9 Å². The molecule has 6 heteroatoms. The van der Waals surface area contributed by atoms with Crippen LogP contribution < -0.4 is 21.9 Å². The monoisotopic (exact) mass is 233 g/mol. The minimum Gasteiger partial charge on any atom is -0.473 e. The summed E-state index contributed by atoms with van der Waals surface area (Å²) >= 11 is 0. The summed E-state index contributed by atoms with van der Waals surface area (Å²) < 4.78 is 5.61. The lowest BCUT2D eigenvalue weighted by Crippen LogP contribution is -2.32. The average Bonchev–Trinajstić information content (AvgIpc) is 2.28. The van der Waals surface area contributed by atoms with Crippen LogP contribution in [0.5, 0.6) is 5.88 Å². The van der Waals surface area contributed by atoms with E-state index in [-0.39, 0.29) is 6.10 Å². The van der Waals surface area contributed by atoms with Gasteiger partial charge in [-0.1, -0.05) is 18.2 Å².